The number of nitrogens with zero attached hydrogens (tertiary/aromatic N) is 5. The monoisotopic (exact) mass is 446 g/mol. The predicted molar refractivity (Wildman–Crippen MR) is 132 cm³/mol. The average molecular weight is 447 g/mol. The molecule has 2 aromatic heterocycles. The molecule has 33 heavy (non-hydrogen) atoms. The third kappa shape index (κ3) is 4.47. The Kier molecular flexibility index (Phi) is 6.74. The summed E-state index contributed by atoms with van der Waals surface area (Å²) in [5.74, 6) is 0.691. The van der Waals surface area contributed by atoms with Gasteiger partial charge in [-0.25, -0.2) is 4.79 Å². The van der Waals surface area contributed by atoms with E-state index in [0.29, 0.717) is 23.7 Å². The molecule has 0 radical (unpaired) electrons. The largest absolute Gasteiger partial charge is 0.341 e. The fourth-order valence-electron chi connectivity index (χ4n) is 4.07. The lowest BCUT2D eigenvalue weighted by Gasteiger charge is -2.23. The van der Waals surface area contributed by atoms with Gasteiger partial charge in [-0.3, -0.25) is 18.5 Å². The zero-order valence-electron chi connectivity index (χ0n) is 19.4. The van der Waals surface area contributed by atoms with Crippen molar-refractivity contribution in [2.75, 3.05) is 31.6 Å². The Bertz CT molecular complexity index is 1340. The molecule has 0 fully saturated rings. The van der Waals surface area contributed by atoms with Crippen LogP contribution in [0.1, 0.15) is 18.1 Å². The van der Waals surface area contributed by atoms with Crippen LogP contribution in [-0.4, -0.2) is 45.4 Å². The van der Waals surface area contributed by atoms with Crippen LogP contribution in [0.15, 0.2) is 70.3 Å². The van der Waals surface area contributed by atoms with Crippen molar-refractivity contribution in [1.82, 2.24) is 24.0 Å². The van der Waals surface area contributed by atoms with Gasteiger partial charge >= 0.3 is 5.69 Å². The van der Waals surface area contributed by atoms with E-state index in [1.807, 2.05) is 72.3 Å². The predicted octanol–water partition coefficient (Wildman–Crippen LogP) is 2.04. The van der Waals surface area contributed by atoms with Crippen LogP contribution in [0.25, 0.3) is 11.2 Å². The van der Waals surface area contributed by atoms with Gasteiger partial charge in [0, 0.05) is 26.7 Å². The molecule has 0 bridgehead atoms. The van der Waals surface area contributed by atoms with E-state index in [4.69, 9.17) is 4.98 Å². The van der Waals surface area contributed by atoms with Gasteiger partial charge in [-0.15, -0.1) is 0 Å². The summed E-state index contributed by atoms with van der Waals surface area (Å²) >= 11 is 0. The molecule has 0 saturated carbocycles. The molecule has 0 amide bonds. The van der Waals surface area contributed by atoms with Gasteiger partial charge in [-0.05, 0) is 25.1 Å². The maximum atomic E-state index is 13.7. The van der Waals surface area contributed by atoms with Crippen molar-refractivity contribution in [3.05, 3.63) is 92.6 Å². The Morgan fingerprint density at radius 3 is 2.03 bits per heavy atom. The first kappa shape index (κ1) is 22.5. The molecule has 0 atom stereocenters. The summed E-state index contributed by atoms with van der Waals surface area (Å²) in [6.07, 6.45) is 0. The van der Waals surface area contributed by atoms with E-state index in [0.717, 1.165) is 30.8 Å². The van der Waals surface area contributed by atoms with E-state index in [1.54, 1.807) is 7.05 Å². The molecule has 1 N–H and O–H groups in total. The minimum atomic E-state index is -0.370. The maximum absolute atomic E-state index is 13.7. The molecule has 0 spiro atoms. The van der Waals surface area contributed by atoms with Crippen LogP contribution in [0.4, 0.5) is 5.95 Å². The van der Waals surface area contributed by atoms with E-state index in [-0.39, 0.29) is 17.8 Å². The van der Waals surface area contributed by atoms with Gasteiger partial charge in [0.2, 0.25) is 5.95 Å². The molecule has 0 aliphatic carbocycles. The number of rotatable bonds is 9. The average Bonchev–Trinajstić information content (AvgIpc) is 3.21. The first-order chi connectivity index (χ1) is 16.0. The number of anilines is 1. The van der Waals surface area contributed by atoms with Crippen LogP contribution in [0.2, 0.25) is 0 Å². The summed E-state index contributed by atoms with van der Waals surface area (Å²) in [5.41, 5.74) is 2.11. The molecule has 2 aromatic carbocycles. The van der Waals surface area contributed by atoms with Crippen molar-refractivity contribution in [3.63, 3.8) is 0 Å². The van der Waals surface area contributed by atoms with Crippen LogP contribution < -0.4 is 21.5 Å². The van der Waals surface area contributed by atoms with Crippen LogP contribution in [0, 0.1) is 0 Å². The van der Waals surface area contributed by atoms with Gasteiger partial charge < -0.3 is 10.2 Å². The second kappa shape index (κ2) is 9.87. The minimum absolute atomic E-state index is 0.214. The van der Waals surface area contributed by atoms with E-state index >= 15 is 0 Å². The number of aromatic nitrogens is 4. The van der Waals surface area contributed by atoms with Gasteiger partial charge in [-0.2, -0.15) is 4.98 Å². The third-order valence-corrected chi connectivity index (χ3v) is 5.88. The lowest BCUT2D eigenvalue weighted by Crippen LogP contribution is -2.40. The highest BCUT2D eigenvalue weighted by atomic mass is 16.2. The topological polar surface area (TPSA) is 77.1 Å². The Hall–Kier alpha value is -3.65. The first-order valence-corrected chi connectivity index (χ1v) is 11.2. The highest BCUT2D eigenvalue weighted by Gasteiger charge is 2.23. The second-order valence-electron chi connectivity index (χ2n) is 8.06. The minimum Gasteiger partial charge on any atom is -0.341 e. The number of aryl methyl sites for hydroxylation is 1. The molecule has 0 aliphatic rings. The van der Waals surface area contributed by atoms with Gasteiger partial charge in [0.05, 0.1) is 13.1 Å². The van der Waals surface area contributed by atoms with Crippen LogP contribution in [-0.2, 0) is 20.1 Å². The SMILES string of the molecule is CCN(CCNC)c1nc2c(c(=O)n(Cc3ccccc3)c(=O)n2C)n1Cc1ccccc1. The molecule has 0 aliphatic heterocycles. The third-order valence-electron chi connectivity index (χ3n) is 5.88. The number of imidazole rings is 1. The molecular formula is C25H30N6O2. The number of benzene rings is 2. The summed E-state index contributed by atoms with van der Waals surface area (Å²) in [6, 6.07) is 19.6. The molecule has 0 saturated heterocycles. The number of nitrogens with one attached hydrogen (secondary N) is 1. The highest BCUT2D eigenvalue weighted by Crippen LogP contribution is 2.21. The molecule has 8 nitrogen and oxygen atoms in total. The smallest absolute Gasteiger partial charge is 0.332 e. The van der Waals surface area contributed by atoms with Crippen molar-refractivity contribution >= 4 is 17.1 Å². The summed E-state index contributed by atoms with van der Waals surface area (Å²) in [5, 5.41) is 3.17. The maximum Gasteiger partial charge on any atom is 0.332 e. The molecule has 0 unspecified atom stereocenters. The van der Waals surface area contributed by atoms with E-state index in [9.17, 15) is 9.59 Å². The molecule has 4 rings (SSSR count). The van der Waals surface area contributed by atoms with Gasteiger partial charge in [0.15, 0.2) is 11.2 Å². The fourth-order valence-corrected chi connectivity index (χ4v) is 4.07. The molecule has 4 aromatic rings. The van der Waals surface area contributed by atoms with Crippen LogP contribution >= 0.6 is 0 Å². The highest BCUT2D eigenvalue weighted by molar-refractivity contribution is 5.75. The molecular weight excluding hydrogens is 416 g/mol. The second-order valence-corrected chi connectivity index (χ2v) is 8.06. The Morgan fingerprint density at radius 1 is 0.909 bits per heavy atom. The number of likely N-dealkylation sites (N-methyl/N-ethyl adjacent to an activating group) is 2. The molecule has 2 heterocycles. The van der Waals surface area contributed by atoms with Gasteiger partial charge in [0.25, 0.3) is 5.56 Å². The number of hydrogen-bond acceptors (Lipinski definition) is 5. The standard InChI is InChI=1S/C25H30N6O2/c1-4-29(16-15-26-2)24-27-22-21(30(24)17-19-11-7-5-8-12-19)23(32)31(25(33)28(22)3)18-20-13-9-6-10-14-20/h5-14,26H,4,15-18H2,1-3H3. The lowest BCUT2D eigenvalue weighted by atomic mass is 10.2. The molecule has 172 valence electrons. The molecule has 8 heteroatoms. The number of fused-ring (bicyclic) bond motifs is 1. The van der Waals surface area contributed by atoms with Gasteiger partial charge in [-0.1, -0.05) is 60.7 Å². The van der Waals surface area contributed by atoms with Crippen molar-refractivity contribution in [2.45, 2.75) is 20.0 Å². The summed E-state index contributed by atoms with van der Waals surface area (Å²) in [7, 11) is 3.59. The Labute approximate surface area is 192 Å². The van der Waals surface area contributed by atoms with Crippen LogP contribution in [0.5, 0.6) is 0 Å². The van der Waals surface area contributed by atoms with Gasteiger partial charge in [0.1, 0.15) is 0 Å². The summed E-state index contributed by atoms with van der Waals surface area (Å²) in [4.78, 5) is 33.8. The fraction of sp³-hybridized carbons (Fsp3) is 0.320. The zero-order chi connectivity index (χ0) is 23.4. The normalized spacial score (nSPS) is 11.2. The van der Waals surface area contributed by atoms with Crippen molar-refractivity contribution in [2.24, 2.45) is 7.05 Å². The lowest BCUT2D eigenvalue weighted by molar-refractivity contribution is 0.652. The van der Waals surface area contributed by atoms with Crippen molar-refractivity contribution < 1.29 is 0 Å². The quantitative estimate of drug-likeness (QED) is 0.426. The van der Waals surface area contributed by atoms with E-state index in [2.05, 4.69) is 17.1 Å². The Morgan fingerprint density at radius 2 is 1.48 bits per heavy atom. The first-order valence-electron chi connectivity index (χ1n) is 11.2. The van der Waals surface area contributed by atoms with Crippen molar-refractivity contribution in [3.8, 4) is 0 Å². The number of hydrogen-bond donors (Lipinski definition) is 1. The van der Waals surface area contributed by atoms with Crippen LogP contribution in [0.3, 0.4) is 0 Å². The van der Waals surface area contributed by atoms with E-state index in [1.165, 1.54) is 9.13 Å². The van der Waals surface area contributed by atoms with E-state index < -0.39 is 0 Å². The zero-order valence-corrected chi connectivity index (χ0v) is 19.4. The Balaban J connectivity index is 1.95. The van der Waals surface area contributed by atoms with Crippen molar-refractivity contribution in [1.29, 1.82) is 0 Å². The summed E-state index contributed by atoms with van der Waals surface area (Å²) < 4.78 is 4.73. The summed E-state index contributed by atoms with van der Waals surface area (Å²) in [6.45, 7) is 5.00.